The fraction of sp³-hybridized carbons (Fsp3) is 0.278. The highest BCUT2D eigenvalue weighted by molar-refractivity contribution is 7.89. The largest absolute Gasteiger partial charge is 0.295 e. The molecule has 1 saturated carbocycles. The van der Waals surface area contributed by atoms with E-state index in [9.17, 15) is 13.2 Å². The van der Waals surface area contributed by atoms with Gasteiger partial charge in [0.2, 0.25) is 10.0 Å². The van der Waals surface area contributed by atoms with Crippen LogP contribution in [0.4, 0.5) is 0 Å². The highest BCUT2D eigenvalue weighted by atomic mass is 35.5. The van der Waals surface area contributed by atoms with Gasteiger partial charge in [-0.1, -0.05) is 35.9 Å². The van der Waals surface area contributed by atoms with E-state index in [0.717, 1.165) is 18.4 Å². The first-order valence-electron chi connectivity index (χ1n) is 7.75. The number of hydrogen-bond acceptors (Lipinski definition) is 3. The molecule has 1 atom stereocenters. The Hall–Kier alpha value is -1.69. The van der Waals surface area contributed by atoms with Crippen LogP contribution in [0.25, 0.3) is 0 Å². The van der Waals surface area contributed by atoms with Gasteiger partial charge in [0.1, 0.15) is 0 Å². The molecule has 1 aliphatic rings. The SMILES string of the molecule is CC(=O)c1ccc(S(=O)(=O)N[C@H](c2ccc(Cl)cc2)C2CC2)cc1. The predicted octanol–water partition coefficient (Wildman–Crippen LogP) is 3.97. The summed E-state index contributed by atoms with van der Waals surface area (Å²) in [5.41, 5.74) is 1.40. The van der Waals surface area contributed by atoms with E-state index in [0.29, 0.717) is 16.5 Å². The van der Waals surface area contributed by atoms with Crippen molar-refractivity contribution < 1.29 is 13.2 Å². The average Bonchev–Trinajstić information content (AvgIpc) is 3.38. The van der Waals surface area contributed by atoms with Gasteiger partial charge in [-0.15, -0.1) is 0 Å². The third-order valence-electron chi connectivity index (χ3n) is 4.18. The van der Waals surface area contributed by atoms with E-state index in [4.69, 9.17) is 11.6 Å². The van der Waals surface area contributed by atoms with Crippen LogP contribution in [0.5, 0.6) is 0 Å². The molecule has 0 saturated heterocycles. The number of nitrogens with one attached hydrogen (secondary N) is 1. The summed E-state index contributed by atoms with van der Waals surface area (Å²) in [6, 6.07) is 13.0. The standard InChI is InChI=1S/C18H18ClNO3S/c1-12(21)13-6-10-17(11-7-13)24(22,23)20-18(14-2-3-14)15-4-8-16(19)9-5-15/h4-11,14,18,20H,2-3H2,1H3/t18-/m0/s1. The van der Waals surface area contributed by atoms with E-state index >= 15 is 0 Å². The highest BCUT2D eigenvalue weighted by Gasteiger charge is 2.35. The molecule has 0 heterocycles. The molecule has 126 valence electrons. The summed E-state index contributed by atoms with van der Waals surface area (Å²) in [7, 11) is -3.66. The predicted molar refractivity (Wildman–Crippen MR) is 93.7 cm³/mol. The molecular formula is C18H18ClNO3S. The van der Waals surface area contributed by atoms with Crippen LogP contribution in [0.15, 0.2) is 53.4 Å². The van der Waals surface area contributed by atoms with Crippen LogP contribution in [0.2, 0.25) is 5.02 Å². The molecule has 4 nitrogen and oxygen atoms in total. The van der Waals surface area contributed by atoms with E-state index in [-0.39, 0.29) is 16.7 Å². The Morgan fingerprint density at radius 3 is 2.17 bits per heavy atom. The van der Waals surface area contributed by atoms with Crippen LogP contribution < -0.4 is 4.72 Å². The van der Waals surface area contributed by atoms with Gasteiger partial charge in [-0.2, -0.15) is 0 Å². The third-order valence-corrected chi connectivity index (χ3v) is 5.88. The quantitative estimate of drug-likeness (QED) is 0.790. The summed E-state index contributed by atoms with van der Waals surface area (Å²) < 4.78 is 28.1. The first kappa shape index (κ1) is 17.1. The number of sulfonamides is 1. The van der Waals surface area contributed by atoms with Crippen molar-refractivity contribution in [2.45, 2.75) is 30.7 Å². The lowest BCUT2D eigenvalue weighted by molar-refractivity contribution is 0.101. The van der Waals surface area contributed by atoms with Gasteiger partial charge >= 0.3 is 0 Å². The van der Waals surface area contributed by atoms with Gasteiger partial charge in [0.15, 0.2) is 5.78 Å². The van der Waals surface area contributed by atoms with E-state index in [1.807, 2.05) is 12.1 Å². The molecule has 0 bridgehead atoms. The molecule has 1 fully saturated rings. The second-order valence-corrected chi connectivity index (χ2v) is 8.22. The maximum atomic E-state index is 12.7. The van der Waals surface area contributed by atoms with Crippen LogP contribution in [-0.2, 0) is 10.0 Å². The fourth-order valence-corrected chi connectivity index (χ4v) is 4.06. The zero-order valence-electron chi connectivity index (χ0n) is 13.2. The third kappa shape index (κ3) is 3.86. The lowest BCUT2D eigenvalue weighted by Gasteiger charge is -2.19. The van der Waals surface area contributed by atoms with Gasteiger partial charge in [0.05, 0.1) is 4.90 Å². The van der Waals surface area contributed by atoms with Gasteiger partial charge < -0.3 is 0 Å². The van der Waals surface area contributed by atoms with Crippen molar-refractivity contribution in [2.75, 3.05) is 0 Å². The fourth-order valence-electron chi connectivity index (χ4n) is 2.64. The molecule has 2 aromatic rings. The molecule has 1 N–H and O–H groups in total. The van der Waals surface area contributed by atoms with Crippen molar-refractivity contribution in [2.24, 2.45) is 5.92 Å². The van der Waals surface area contributed by atoms with E-state index in [1.165, 1.54) is 31.2 Å². The molecule has 6 heteroatoms. The maximum Gasteiger partial charge on any atom is 0.241 e. The number of carbonyl (C=O) groups excluding carboxylic acids is 1. The van der Waals surface area contributed by atoms with Crippen molar-refractivity contribution in [1.82, 2.24) is 4.72 Å². The Morgan fingerprint density at radius 2 is 1.67 bits per heavy atom. The smallest absolute Gasteiger partial charge is 0.241 e. The normalized spacial score (nSPS) is 15.9. The van der Waals surface area contributed by atoms with Gasteiger partial charge in [-0.05, 0) is 55.5 Å². The van der Waals surface area contributed by atoms with Crippen molar-refractivity contribution in [3.8, 4) is 0 Å². The second-order valence-electron chi connectivity index (χ2n) is 6.07. The van der Waals surface area contributed by atoms with E-state index in [1.54, 1.807) is 12.1 Å². The first-order chi connectivity index (χ1) is 11.4. The number of benzene rings is 2. The lowest BCUT2D eigenvalue weighted by atomic mass is 10.0. The Labute approximate surface area is 146 Å². The number of halogens is 1. The summed E-state index contributed by atoms with van der Waals surface area (Å²) in [4.78, 5) is 11.5. The number of carbonyl (C=O) groups is 1. The number of rotatable bonds is 6. The Balaban J connectivity index is 1.85. The summed E-state index contributed by atoms with van der Waals surface area (Å²) in [6.45, 7) is 1.45. The second kappa shape index (κ2) is 6.67. The molecular weight excluding hydrogens is 346 g/mol. The topological polar surface area (TPSA) is 63.2 Å². The van der Waals surface area contributed by atoms with Crippen molar-refractivity contribution >= 4 is 27.4 Å². The molecule has 1 aliphatic carbocycles. The van der Waals surface area contributed by atoms with Crippen LogP contribution in [0.3, 0.4) is 0 Å². The minimum Gasteiger partial charge on any atom is -0.295 e. The summed E-state index contributed by atoms with van der Waals surface area (Å²) in [5, 5.41) is 0.621. The average molecular weight is 364 g/mol. The van der Waals surface area contributed by atoms with E-state index in [2.05, 4.69) is 4.72 Å². The molecule has 0 amide bonds. The zero-order chi connectivity index (χ0) is 17.3. The first-order valence-corrected chi connectivity index (χ1v) is 9.62. The summed E-state index contributed by atoms with van der Waals surface area (Å²) in [6.07, 6.45) is 2.00. The molecule has 24 heavy (non-hydrogen) atoms. The summed E-state index contributed by atoms with van der Waals surface area (Å²) >= 11 is 5.91. The van der Waals surface area contributed by atoms with Gasteiger partial charge in [-0.3, -0.25) is 4.79 Å². The molecule has 0 aliphatic heterocycles. The number of Topliss-reactive ketones (excluding diaryl/α,β-unsaturated/α-hetero) is 1. The number of ketones is 1. The zero-order valence-corrected chi connectivity index (χ0v) is 14.8. The lowest BCUT2D eigenvalue weighted by Crippen LogP contribution is -2.30. The highest BCUT2D eigenvalue weighted by Crippen LogP contribution is 2.42. The summed E-state index contributed by atoms with van der Waals surface area (Å²) in [5.74, 6) is 0.210. The molecule has 0 unspecified atom stereocenters. The molecule has 0 aromatic heterocycles. The molecule has 0 radical (unpaired) electrons. The molecule has 2 aromatic carbocycles. The Kier molecular flexibility index (Phi) is 4.76. The monoisotopic (exact) mass is 363 g/mol. The Morgan fingerprint density at radius 1 is 1.08 bits per heavy atom. The van der Waals surface area contributed by atoms with Gasteiger partial charge in [-0.25, -0.2) is 13.1 Å². The van der Waals surface area contributed by atoms with Crippen molar-refractivity contribution in [3.05, 3.63) is 64.7 Å². The van der Waals surface area contributed by atoms with Crippen LogP contribution in [0, 0.1) is 5.92 Å². The molecule has 0 spiro atoms. The maximum absolute atomic E-state index is 12.7. The van der Waals surface area contributed by atoms with Crippen molar-refractivity contribution in [1.29, 1.82) is 0 Å². The van der Waals surface area contributed by atoms with Crippen LogP contribution >= 0.6 is 11.6 Å². The minimum absolute atomic E-state index is 0.0936. The Bertz CT molecular complexity index is 841. The van der Waals surface area contributed by atoms with Crippen LogP contribution in [0.1, 0.15) is 41.7 Å². The van der Waals surface area contributed by atoms with Crippen molar-refractivity contribution in [3.63, 3.8) is 0 Å². The van der Waals surface area contributed by atoms with Gasteiger partial charge in [0.25, 0.3) is 0 Å². The number of hydrogen-bond donors (Lipinski definition) is 1. The molecule has 3 rings (SSSR count). The van der Waals surface area contributed by atoms with E-state index < -0.39 is 10.0 Å². The van der Waals surface area contributed by atoms with Crippen LogP contribution in [-0.4, -0.2) is 14.2 Å². The minimum atomic E-state index is -3.66. The van der Waals surface area contributed by atoms with Gasteiger partial charge in [0, 0.05) is 16.6 Å².